The molecule has 0 aromatic carbocycles. The average Bonchev–Trinajstić information content (AvgIpc) is 2.33. The Bertz CT molecular complexity index is 396. The summed E-state index contributed by atoms with van der Waals surface area (Å²) >= 11 is 0. The van der Waals surface area contributed by atoms with Gasteiger partial charge in [-0.2, -0.15) is 4.98 Å². The summed E-state index contributed by atoms with van der Waals surface area (Å²) in [6, 6.07) is 0. The van der Waals surface area contributed by atoms with E-state index in [1.54, 1.807) is 0 Å². The van der Waals surface area contributed by atoms with Gasteiger partial charge in [0.05, 0.1) is 0 Å². The van der Waals surface area contributed by atoms with Crippen LogP contribution < -0.4 is 10.6 Å². The molecule has 100 valence electrons. The van der Waals surface area contributed by atoms with Gasteiger partial charge < -0.3 is 15.5 Å². The van der Waals surface area contributed by atoms with Gasteiger partial charge in [-0.1, -0.05) is 0 Å². The van der Waals surface area contributed by atoms with E-state index in [-0.39, 0.29) is 0 Å². The van der Waals surface area contributed by atoms with E-state index in [2.05, 4.69) is 33.9 Å². The maximum absolute atomic E-state index is 5.67. The second-order valence-electron chi connectivity index (χ2n) is 5.43. The molecular weight excluding hydrogens is 226 g/mol. The van der Waals surface area contributed by atoms with E-state index in [0.29, 0.717) is 5.95 Å². The highest BCUT2D eigenvalue weighted by molar-refractivity contribution is 5.48. The molecule has 0 unspecified atom stereocenters. The van der Waals surface area contributed by atoms with Gasteiger partial charge in [0.15, 0.2) is 0 Å². The molecule has 0 atom stereocenters. The minimum atomic E-state index is 0.367. The number of nitrogens with zero attached hydrogens (tertiary/aromatic N) is 4. The predicted molar refractivity (Wildman–Crippen MR) is 74.7 cm³/mol. The van der Waals surface area contributed by atoms with Crippen LogP contribution in [0, 0.1) is 12.8 Å². The maximum atomic E-state index is 5.67. The molecule has 0 radical (unpaired) electrons. The number of rotatable bonds is 3. The Balaban J connectivity index is 1.99. The van der Waals surface area contributed by atoms with Crippen LogP contribution in [0.1, 0.15) is 18.4 Å². The molecule has 5 heteroatoms. The molecule has 5 nitrogen and oxygen atoms in total. The SMILES string of the molecule is Cc1cnc(N)nc1N1CCC(CN(C)C)CC1. The van der Waals surface area contributed by atoms with Gasteiger partial charge in [0.1, 0.15) is 5.82 Å². The lowest BCUT2D eigenvalue weighted by Gasteiger charge is -2.34. The molecule has 0 amide bonds. The summed E-state index contributed by atoms with van der Waals surface area (Å²) in [6.07, 6.45) is 4.26. The molecule has 18 heavy (non-hydrogen) atoms. The first kappa shape index (κ1) is 13.1. The van der Waals surface area contributed by atoms with Crippen LogP contribution in [-0.2, 0) is 0 Å². The van der Waals surface area contributed by atoms with Gasteiger partial charge >= 0.3 is 0 Å². The molecule has 0 aliphatic carbocycles. The average molecular weight is 249 g/mol. The summed E-state index contributed by atoms with van der Waals surface area (Å²) in [7, 11) is 4.28. The summed E-state index contributed by atoms with van der Waals surface area (Å²) in [5, 5.41) is 0. The van der Waals surface area contributed by atoms with Crippen molar-refractivity contribution in [3.63, 3.8) is 0 Å². The summed E-state index contributed by atoms with van der Waals surface area (Å²) in [6.45, 7) is 5.35. The standard InChI is InChI=1S/C13H23N5/c1-10-8-15-13(14)16-12(10)18-6-4-11(5-7-18)9-17(2)3/h8,11H,4-7,9H2,1-3H3,(H2,14,15,16). The van der Waals surface area contributed by atoms with E-state index in [9.17, 15) is 0 Å². The Morgan fingerprint density at radius 3 is 2.67 bits per heavy atom. The van der Waals surface area contributed by atoms with E-state index >= 15 is 0 Å². The Morgan fingerprint density at radius 2 is 2.06 bits per heavy atom. The predicted octanol–water partition coefficient (Wildman–Crippen LogP) is 1.15. The van der Waals surface area contributed by atoms with Gasteiger partial charge in [0, 0.05) is 31.4 Å². The lowest BCUT2D eigenvalue weighted by molar-refractivity contribution is 0.284. The molecule has 1 fully saturated rings. The normalized spacial score (nSPS) is 17.4. The fourth-order valence-electron chi connectivity index (χ4n) is 2.61. The first-order valence-electron chi connectivity index (χ1n) is 6.55. The lowest BCUT2D eigenvalue weighted by atomic mass is 9.96. The van der Waals surface area contributed by atoms with Crippen LogP contribution in [0.5, 0.6) is 0 Å². The van der Waals surface area contributed by atoms with Crippen LogP contribution in [-0.4, -0.2) is 48.6 Å². The molecule has 1 aromatic heterocycles. The van der Waals surface area contributed by atoms with Gasteiger partial charge in [-0.05, 0) is 39.8 Å². The van der Waals surface area contributed by atoms with Crippen molar-refractivity contribution in [1.82, 2.24) is 14.9 Å². The summed E-state index contributed by atoms with van der Waals surface area (Å²) in [4.78, 5) is 13.0. The van der Waals surface area contributed by atoms with Crippen LogP contribution in [0.3, 0.4) is 0 Å². The zero-order valence-corrected chi connectivity index (χ0v) is 11.6. The molecule has 0 saturated carbocycles. The largest absolute Gasteiger partial charge is 0.368 e. The minimum Gasteiger partial charge on any atom is -0.368 e. The summed E-state index contributed by atoms with van der Waals surface area (Å²) in [5.74, 6) is 2.17. The number of anilines is 2. The van der Waals surface area contributed by atoms with Gasteiger partial charge in [0.25, 0.3) is 0 Å². The number of hydrogen-bond acceptors (Lipinski definition) is 5. The van der Waals surface area contributed by atoms with E-state index in [0.717, 1.165) is 30.4 Å². The van der Waals surface area contributed by atoms with E-state index < -0.39 is 0 Å². The summed E-state index contributed by atoms with van der Waals surface area (Å²) < 4.78 is 0. The zero-order valence-electron chi connectivity index (χ0n) is 11.6. The van der Waals surface area contributed by atoms with Gasteiger partial charge in [-0.3, -0.25) is 0 Å². The van der Waals surface area contributed by atoms with Crippen molar-refractivity contribution in [1.29, 1.82) is 0 Å². The fourth-order valence-corrected chi connectivity index (χ4v) is 2.61. The van der Waals surface area contributed by atoms with Crippen LogP contribution in [0.2, 0.25) is 0 Å². The first-order valence-corrected chi connectivity index (χ1v) is 6.55. The Hall–Kier alpha value is -1.36. The molecule has 1 aliphatic rings. The third kappa shape index (κ3) is 3.10. The quantitative estimate of drug-likeness (QED) is 0.870. The monoisotopic (exact) mass is 249 g/mol. The second kappa shape index (κ2) is 5.52. The van der Waals surface area contributed by atoms with Crippen molar-refractivity contribution >= 4 is 11.8 Å². The number of piperidine rings is 1. The number of nitrogens with two attached hydrogens (primary N) is 1. The molecule has 2 rings (SSSR count). The molecule has 1 aromatic rings. The van der Waals surface area contributed by atoms with Crippen molar-refractivity contribution in [3.05, 3.63) is 11.8 Å². The van der Waals surface area contributed by atoms with Crippen molar-refractivity contribution in [2.45, 2.75) is 19.8 Å². The van der Waals surface area contributed by atoms with Crippen molar-refractivity contribution in [3.8, 4) is 0 Å². The molecule has 1 aliphatic heterocycles. The first-order chi connectivity index (χ1) is 8.56. The highest BCUT2D eigenvalue weighted by Gasteiger charge is 2.21. The summed E-state index contributed by atoms with van der Waals surface area (Å²) in [5.41, 5.74) is 6.78. The number of nitrogen functional groups attached to an aromatic ring is 1. The molecule has 0 spiro atoms. The Morgan fingerprint density at radius 1 is 1.39 bits per heavy atom. The Labute approximate surface area is 109 Å². The van der Waals surface area contributed by atoms with Crippen LogP contribution in [0.15, 0.2) is 6.20 Å². The third-order valence-electron chi connectivity index (χ3n) is 3.50. The highest BCUT2D eigenvalue weighted by Crippen LogP contribution is 2.24. The second-order valence-corrected chi connectivity index (χ2v) is 5.43. The van der Waals surface area contributed by atoms with Crippen molar-refractivity contribution in [2.75, 3.05) is 44.4 Å². The number of hydrogen-bond donors (Lipinski definition) is 1. The minimum absolute atomic E-state index is 0.367. The molecular formula is C13H23N5. The van der Waals surface area contributed by atoms with Crippen molar-refractivity contribution in [2.24, 2.45) is 5.92 Å². The number of aromatic nitrogens is 2. The fraction of sp³-hybridized carbons (Fsp3) is 0.692. The van der Waals surface area contributed by atoms with E-state index in [1.165, 1.54) is 19.4 Å². The highest BCUT2D eigenvalue weighted by atomic mass is 15.2. The molecule has 2 N–H and O–H groups in total. The molecule has 2 heterocycles. The van der Waals surface area contributed by atoms with E-state index in [1.807, 2.05) is 13.1 Å². The van der Waals surface area contributed by atoms with Gasteiger partial charge in [0.2, 0.25) is 5.95 Å². The maximum Gasteiger partial charge on any atom is 0.221 e. The molecule has 0 bridgehead atoms. The smallest absolute Gasteiger partial charge is 0.221 e. The van der Waals surface area contributed by atoms with Gasteiger partial charge in [-0.15, -0.1) is 0 Å². The molecule has 1 saturated heterocycles. The Kier molecular flexibility index (Phi) is 4.01. The zero-order chi connectivity index (χ0) is 13.1. The van der Waals surface area contributed by atoms with Crippen molar-refractivity contribution < 1.29 is 0 Å². The van der Waals surface area contributed by atoms with Crippen LogP contribution in [0.25, 0.3) is 0 Å². The van der Waals surface area contributed by atoms with Gasteiger partial charge in [-0.25, -0.2) is 4.98 Å². The van der Waals surface area contributed by atoms with Crippen LogP contribution in [0.4, 0.5) is 11.8 Å². The number of aryl methyl sites for hydroxylation is 1. The topological polar surface area (TPSA) is 58.3 Å². The third-order valence-corrected chi connectivity index (χ3v) is 3.50. The van der Waals surface area contributed by atoms with E-state index in [4.69, 9.17) is 5.73 Å². The lowest BCUT2D eigenvalue weighted by Crippen LogP contribution is -2.38. The van der Waals surface area contributed by atoms with Crippen LogP contribution >= 0.6 is 0 Å².